The number of hydrogen-bond acceptors (Lipinski definition) is 5. The van der Waals surface area contributed by atoms with Gasteiger partial charge in [-0.25, -0.2) is 0 Å². The molecule has 0 fully saturated rings. The number of unbranched alkanes of at least 4 members (excludes halogenated alkanes) is 40. The summed E-state index contributed by atoms with van der Waals surface area (Å²) in [4.78, 5) is 24.6. The van der Waals surface area contributed by atoms with Crippen LogP contribution >= 0.6 is 0 Å². The van der Waals surface area contributed by atoms with E-state index >= 15 is 0 Å². The molecule has 0 aliphatic heterocycles. The predicted octanol–water partition coefficient (Wildman–Crippen LogP) is 18.2. The van der Waals surface area contributed by atoms with E-state index in [-0.39, 0.29) is 18.5 Å². The molecule has 2 unspecified atom stereocenters. The van der Waals surface area contributed by atoms with E-state index in [0.29, 0.717) is 25.9 Å². The van der Waals surface area contributed by atoms with Crippen LogP contribution in [-0.2, 0) is 14.3 Å². The molecule has 0 aliphatic carbocycles. The van der Waals surface area contributed by atoms with Crippen LogP contribution in [0.15, 0.2) is 24.3 Å². The van der Waals surface area contributed by atoms with Crippen LogP contribution in [-0.4, -0.2) is 47.4 Å². The third-order valence-corrected chi connectivity index (χ3v) is 13.8. The van der Waals surface area contributed by atoms with Crippen LogP contribution in [0.3, 0.4) is 0 Å². The van der Waals surface area contributed by atoms with Gasteiger partial charge in [0.05, 0.1) is 25.4 Å². The van der Waals surface area contributed by atoms with Crippen molar-refractivity contribution >= 4 is 11.9 Å². The molecular weight excluding hydrogens is 815 g/mol. The fourth-order valence-corrected chi connectivity index (χ4v) is 9.20. The van der Waals surface area contributed by atoms with Crippen LogP contribution in [0.4, 0.5) is 0 Å². The molecule has 3 N–H and O–H groups in total. The normalized spacial score (nSPS) is 12.7. The summed E-state index contributed by atoms with van der Waals surface area (Å²) in [7, 11) is 0. The first-order chi connectivity index (χ1) is 32.5. The Labute approximate surface area is 411 Å². The van der Waals surface area contributed by atoms with Crippen LogP contribution in [0.25, 0.3) is 0 Å². The number of carbonyl (C=O) groups is 2. The van der Waals surface area contributed by atoms with Crippen molar-refractivity contribution in [1.29, 1.82) is 0 Å². The molecule has 66 heavy (non-hydrogen) atoms. The van der Waals surface area contributed by atoms with E-state index in [9.17, 15) is 19.8 Å². The van der Waals surface area contributed by atoms with Gasteiger partial charge in [0.2, 0.25) is 5.91 Å². The average molecular weight is 931 g/mol. The molecule has 0 aromatic carbocycles. The fourth-order valence-electron chi connectivity index (χ4n) is 9.20. The van der Waals surface area contributed by atoms with Gasteiger partial charge in [-0.2, -0.15) is 0 Å². The van der Waals surface area contributed by atoms with Crippen molar-refractivity contribution in [1.82, 2.24) is 5.32 Å². The zero-order chi connectivity index (χ0) is 47.9. The van der Waals surface area contributed by atoms with Gasteiger partial charge in [0.15, 0.2) is 0 Å². The predicted molar refractivity (Wildman–Crippen MR) is 287 cm³/mol. The van der Waals surface area contributed by atoms with E-state index in [1.54, 1.807) is 0 Å². The van der Waals surface area contributed by atoms with E-state index in [0.717, 1.165) is 70.6 Å². The van der Waals surface area contributed by atoms with Crippen molar-refractivity contribution in [2.75, 3.05) is 13.2 Å². The molecule has 1 amide bonds. The van der Waals surface area contributed by atoms with E-state index in [2.05, 4.69) is 43.5 Å². The van der Waals surface area contributed by atoms with Gasteiger partial charge in [-0.05, 0) is 57.8 Å². The summed E-state index contributed by atoms with van der Waals surface area (Å²) in [6.45, 7) is 4.89. The first-order valence-electron chi connectivity index (χ1n) is 29.6. The first-order valence-corrected chi connectivity index (χ1v) is 29.6. The van der Waals surface area contributed by atoms with Crippen LogP contribution in [0.2, 0.25) is 0 Å². The molecule has 0 rings (SSSR count). The van der Waals surface area contributed by atoms with Crippen LogP contribution in [0.5, 0.6) is 0 Å². The zero-order valence-electron chi connectivity index (χ0n) is 44.4. The number of carbonyl (C=O) groups excluding carboxylic acids is 2. The fraction of sp³-hybridized carbons (Fsp3) is 0.900. The molecule has 6 nitrogen and oxygen atoms in total. The Balaban J connectivity index is 3.47. The Hall–Kier alpha value is -1.66. The smallest absolute Gasteiger partial charge is 0.305 e. The number of ether oxygens (including phenoxy) is 1. The first kappa shape index (κ1) is 64.3. The molecule has 0 saturated heterocycles. The lowest BCUT2D eigenvalue weighted by Gasteiger charge is -2.22. The van der Waals surface area contributed by atoms with Gasteiger partial charge in [0, 0.05) is 12.8 Å². The van der Waals surface area contributed by atoms with Crippen molar-refractivity contribution in [3.63, 3.8) is 0 Å². The third kappa shape index (κ3) is 51.7. The van der Waals surface area contributed by atoms with Gasteiger partial charge < -0.3 is 20.3 Å². The van der Waals surface area contributed by atoms with E-state index in [1.165, 1.54) is 218 Å². The molecule has 0 aromatic rings. The monoisotopic (exact) mass is 930 g/mol. The van der Waals surface area contributed by atoms with Gasteiger partial charge in [-0.15, -0.1) is 0 Å². The minimum absolute atomic E-state index is 0.0317. The summed E-state index contributed by atoms with van der Waals surface area (Å²) in [6.07, 6.45) is 67.4. The second kappa shape index (κ2) is 55.9. The van der Waals surface area contributed by atoms with Crippen molar-refractivity contribution in [3.05, 3.63) is 24.3 Å². The molecule has 2 atom stereocenters. The minimum Gasteiger partial charge on any atom is -0.466 e. The molecule has 0 radical (unpaired) electrons. The maximum absolute atomic E-state index is 12.5. The third-order valence-electron chi connectivity index (χ3n) is 13.8. The number of allylic oxidation sites excluding steroid dienone is 4. The van der Waals surface area contributed by atoms with Gasteiger partial charge in [-0.1, -0.05) is 276 Å². The van der Waals surface area contributed by atoms with Crippen LogP contribution in [0.1, 0.15) is 322 Å². The summed E-state index contributed by atoms with van der Waals surface area (Å²) in [5.41, 5.74) is 0. The second-order valence-electron chi connectivity index (χ2n) is 20.3. The number of amides is 1. The Morgan fingerprint density at radius 2 is 0.758 bits per heavy atom. The van der Waals surface area contributed by atoms with Crippen LogP contribution in [0, 0.1) is 0 Å². The second-order valence-corrected chi connectivity index (χ2v) is 20.3. The summed E-state index contributed by atoms with van der Waals surface area (Å²) in [6, 6.07) is -0.560. The Kier molecular flexibility index (Phi) is 54.5. The number of aliphatic hydroxyl groups excluding tert-OH is 2. The lowest BCUT2D eigenvalue weighted by Crippen LogP contribution is -2.45. The summed E-state index contributed by atoms with van der Waals surface area (Å²) < 4.78 is 5.46. The number of rotatable bonds is 55. The standard InChI is InChI=1S/C60H115NO5/c1-3-5-7-9-11-13-15-17-19-20-21-22-23-24-25-26-27-29-30-32-36-40-44-48-52-58(63)57(56-62)61-59(64)53-49-45-41-37-34-35-39-43-47-51-55-66-60(65)54-50-46-42-38-33-31-28-18-16-14-12-10-8-6-4-2/h12,14,18,28,57-58,62-63H,3-11,13,15-17,19-27,29-56H2,1-2H3,(H,61,64)/b14-12-,28-18-. The van der Waals surface area contributed by atoms with Gasteiger partial charge in [0.1, 0.15) is 0 Å². The molecular formula is C60H115NO5. The largest absolute Gasteiger partial charge is 0.466 e. The molecule has 0 bridgehead atoms. The number of nitrogens with one attached hydrogen (secondary N) is 1. The average Bonchev–Trinajstić information content (AvgIpc) is 3.32. The van der Waals surface area contributed by atoms with Crippen LogP contribution < -0.4 is 5.32 Å². The maximum Gasteiger partial charge on any atom is 0.305 e. The van der Waals surface area contributed by atoms with Gasteiger partial charge >= 0.3 is 5.97 Å². The molecule has 390 valence electrons. The molecule has 0 heterocycles. The minimum atomic E-state index is -0.681. The number of aliphatic hydroxyl groups is 2. The molecule has 6 heteroatoms. The van der Waals surface area contributed by atoms with E-state index in [4.69, 9.17) is 4.74 Å². The zero-order valence-corrected chi connectivity index (χ0v) is 44.4. The molecule has 0 aromatic heterocycles. The number of esters is 1. The Morgan fingerprint density at radius 3 is 1.18 bits per heavy atom. The topological polar surface area (TPSA) is 95.9 Å². The highest BCUT2D eigenvalue weighted by Gasteiger charge is 2.20. The Morgan fingerprint density at radius 1 is 0.424 bits per heavy atom. The molecule has 0 spiro atoms. The highest BCUT2D eigenvalue weighted by atomic mass is 16.5. The summed E-state index contributed by atoms with van der Waals surface area (Å²) in [5.74, 6) is -0.0874. The highest BCUT2D eigenvalue weighted by molar-refractivity contribution is 5.76. The molecule has 0 aliphatic rings. The summed E-state index contributed by atoms with van der Waals surface area (Å²) >= 11 is 0. The van der Waals surface area contributed by atoms with Gasteiger partial charge in [0.25, 0.3) is 0 Å². The van der Waals surface area contributed by atoms with E-state index in [1.807, 2.05) is 0 Å². The van der Waals surface area contributed by atoms with Crippen molar-refractivity contribution in [2.24, 2.45) is 0 Å². The number of hydrogen-bond donors (Lipinski definition) is 3. The van der Waals surface area contributed by atoms with Crippen molar-refractivity contribution in [2.45, 2.75) is 334 Å². The lowest BCUT2D eigenvalue weighted by atomic mass is 10.0. The van der Waals surface area contributed by atoms with Gasteiger partial charge in [-0.3, -0.25) is 9.59 Å². The van der Waals surface area contributed by atoms with Crippen molar-refractivity contribution in [3.8, 4) is 0 Å². The summed E-state index contributed by atoms with van der Waals surface area (Å²) in [5, 5.41) is 23.3. The maximum atomic E-state index is 12.5. The lowest BCUT2D eigenvalue weighted by molar-refractivity contribution is -0.143. The van der Waals surface area contributed by atoms with Crippen molar-refractivity contribution < 1.29 is 24.5 Å². The molecule has 0 saturated carbocycles. The van der Waals surface area contributed by atoms with E-state index < -0.39 is 12.1 Å². The quantitative estimate of drug-likeness (QED) is 0.0321. The Bertz CT molecular complexity index is 1030. The SMILES string of the molecule is CCCCC/C=C\C/C=C\CCCCCCCC(=O)OCCCCCCCCCCCCC(=O)NC(CO)C(O)CCCCCCCCCCCCCCCCCCCCCCCCCC. The highest BCUT2D eigenvalue weighted by Crippen LogP contribution is 2.18.